The molecule has 0 saturated heterocycles. The number of hydrogen-bond donors (Lipinski definition) is 2. The van der Waals surface area contributed by atoms with Gasteiger partial charge in [-0.2, -0.15) is 13.2 Å². The molecule has 0 unspecified atom stereocenters. The van der Waals surface area contributed by atoms with Crippen LogP contribution in [0.3, 0.4) is 0 Å². The summed E-state index contributed by atoms with van der Waals surface area (Å²) in [6.07, 6.45) is -4.52. The van der Waals surface area contributed by atoms with Gasteiger partial charge in [-0.05, 0) is 38.1 Å². The number of alkyl halides is 3. The number of ether oxygens (including phenoxy) is 1. The lowest BCUT2D eigenvalue weighted by atomic mass is 10.1. The van der Waals surface area contributed by atoms with Crippen molar-refractivity contribution in [1.29, 1.82) is 0 Å². The van der Waals surface area contributed by atoms with Crippen LogP contribution in [-0.2, 0) is 25.3 Å². The lowest BCUT2D eigenvalue weighted by Crippen LogP contribution is -2.42. The number of hydrogen-bond acceptors (Lipinski definition) is 5. The number of likely N-dealkylation sites (N-methyl/N-ethyl adjacent to an activating group) is 2. The second kappa shape index (κ2) is 11.0. The van der Waals surface area contributed by atoms with Gasteiger partial charge in [0.1, 0.15) is 6.54 Å². The Balaban J connectivity index is 2.45. The average Bonchev–Trinajstić information content (AvgIpc) is 2.68. The fourth-order valence-corrected chi connectivity index (χ4v) is 2.15. The molecule has 8 nitrogen and oxygen atoms in total. The van der Waals surface area contributed by atoms with Crippen molar-refractivity contribution < 1.29 is 37.1 Å². The van der Waals surface area contributed by atoms with Crippen LogP contribution in [0.15, 0.2) is 24.3 Å². The Morgan fingerprint density at radius 2 is 1.66 bits per heavy atom. The lowest BCUT2D eigenvalue weighted by Gasteiger charge is -2.20. The number of rotatable bonds is 9. The Kier molecular flexibility index (Phi) is 9.10. The van der Waals surface area contributed by atoms with Crippen LogP contribution in [0.1, 0.15) is 29.8 Å². The first kappa shape index (κ1) is 23.9. The average molecular weight is 417 g/mol. The Bertz CT molecular complexity index is 735. The zero-order valence-corrected chi connectivity index (χ0v) is 16.0. The van der Waals surface area contributed by atoms with Crippen molar-refractivity contribution in [2.45, 2.75) is 20.0 Å². The minimum Gasteiger partial charge on any atom is -0.454 e. The van der Waals surface area contributed by atoms with Gasteiger partial charge in [0, 0.05) is 18.7 Å². The molecule has 1 rings (SSSR count). The maximum atomic E-state index is 12.5. The fraction of sp³-hybridized carbons (Fsp3) is 0.444. The summed E-state index contributed by atoms with van der Waals surface area (Å²) in [6, 6.07) is 3.46. The quantitative estimate of drug-likeness (QED) is 0.583. The van der Waals surface area contributed by atoms with E-state index in [0.29, 0.717) is 6.54 Å². The van der Waals surface area contributed by atoms with Crippen LogP contribution in [0.5, 0.6) is 0 Å². The van der Waals surface area contributed by atoms with Crippen molar-refractivity contribution in [3.63, 3.8) is 0 Å². The molecule has 0 bridgehead atoms. The van der Waals surface area contributed by atoms with Crippen LogP contribution in [0.2, 0.25) is 0 Å². The molecule has 0 aliphatic heterocycles. The van der Waals surface area contributed by atoms with Gasteiger partial charge in [-0.3, -0.25) is 19.2 Å². The Hall–Kier alpha value is -3.11. The summed E-state index contributed by atoms with van der Waals surface area (Å²) in [5.74, 6) is -2.61. The molecule has 160 valence electrons. The van der Waals surface area contributed by atoms with Crippen LogP contribution in [0.25, 0.3) is 0 Å². The van der Waals surface area contributed by atoms with Gasteiger partial charge in [0.05, 0.1) is 12.1 Å². The van der Waals surface area contributed by atoms with Gasteiger partial charge in [0.15, 0.2) is 6.61 Å². The van der Waals surface area contributed by atoms with Gasteiger partial charge in [-0.25, -0.2) is 0 Å². The van der Waals surface area contributed by atoms with Gasteiger partial charge in [-0.1, -0.05) is 0 Å². The van der Waals surface area contributed by atoms with Crippen molar-refractivity contribution in [3.05, 3.63) is 35.4 Å². The van der Waals surface area contributed by atoms with E-state index in [9.17, 15) is 32.3 Å². The summed E-state index contributed by atoms with van der Waals surface area (Å²) >= 11 is 0. The normalized spacial score (nSPS) is 10.8. The second-order valence-corrected chi connectivity index (χ2v) is 5.78. The van der Waals surface area contributed by atoms with Gasteiger partial charge in [-0.15, -0.1) is 0 Å². The third-order valence-corrected chi connectivity index (χ3v) is 3.67. The van der Waals surface area contributed by atoms with Crippen molar-refractivity contribution in [2.75, 3.05) is 32.8 Å². The third kappa shape index (κ3) is 8.20. The molecule has 0 saturated carbocycles. The number of nitrogens with one attached hydrogen (secondary N) is 2. The predicted molar refractivity (Wildman–Crippen MR) is 95.7 cm³/mol. The first-order valence-corrected chi connectivity index (χ1v) is 8.74. The molecule has 29 heavy (non-hydrogen) atoms. The van der Waals surface area contributed by atoms with E-state index in [1.165, 1.54) is 4.90 Å². The number of halogens is 3. The monoisotopic (exact) mass is 417 g/mol. The molecule has 11 heteroatoms. The summed E-state index contributed by atoms with van der Waals surface area (Å²) < 4.78 is 42.3. The van der Waals surface area contributed by atoms with E-state index in [2.05, 4.69) is 10.6 Å². The zero-order chi connectivity index (χ0) is 22.0. The molecule has 2 N–H and O–H groups in total. The molecule has 0 fully saturated rings. The molecule has 0 aromatic heterocycles. The van der Waals surface area contributed by atoms with E-state index < -0.39 is 42.7 Å². The van der Waals surface area contributed by atoms with E-state index in [1.807, 2.05) is 0 Å². The molecule has 0 aliphatic rings. The number of esters is 1. The summed E-state index contributed by atoms with van der Waals surface area (Å²) in [4.78, 5) is 48.2. The Morgan fingerprint density at radius 3 is 2.17 bits per heavy atom. The number of carbonyl (C=O) groups is 4. The first-order chi connectivity index (χ1) is 13.6. The van der Waals surface area contributed by atoms with Crippen LogP contribution in [0.4, 0.5) is 13.2 Å². The number of carbonyl (C=O) groups excluding carboxylic acids is 4. The van der Waals surface area contributed by atoms with Crippen molar-refractivity contribution in [1.82, 2.24) is 15.5 Å². The largest absolute Gasteiger partial charge is 0.454 e. The topological polar surface area (TPSA) is 105 Å². The maximum absolute atomic E-state index is 12.5. The molecular formula is C18H22F3N3O5. The number of nitrogens with zero attached hydrogens (tertiary/aromatic N) is 1. The maximum Gasteiger partial charge on any atom is 0.416 e. The molecule has 0 aliphatic carbocycles. The minimum atomic E-state index is -4.52. The van der Waals surface area contributed by atoms with Crippen molar-refractivity contribution >= 4 is 23.7 Å². The van der Waals surface area contributed by atoms with Crippen LogP contribution in [-0.4, -0.2) is 61.4 Å². The molecule has 3 amide bonds. The van der Waals surface area contributed by atoms with Gasteiger partial charge < -0.3 is 20.3 Å². The zero-order valence-electron chi connectivity index (χ0n) is 16.0. The highest BCUT2D eigenvalue weighted by Gasteiger charge is 2.30. The smallest absolute Gasteiger partial charge is 0.416 e. The SMILES string of the molecule is CCNC(=O)CN(CC)C(=O)COC(=O)CNC(=O)c1ccc(C(F)(F)F)cc1. The van der Waals surface area contributed by atoms with E-state index in [0.717, 1.165) is 24.3 Å². The molecule has 0 heterocycles. The fourth-order valence-electron chi connectivity index (χ4n) is 2.15. The molecule has 1 aromatic rings. The van der Waals surface area contributed by atoms with E-state index >= 15 is 0 Å². The molecule has 0 radical (unpaired) electrons. The summed E-state index contributed by atoms with van der Waals surface area (Å²) in [5.41, 5.74) is -0.971. The lowest BCUT2D eigenvalue weighted by molar-refractivity contribution is -0.151. The van der Waals surface area contributed by atoms with E-state index in [-0.39, 0.29) is 24.6 Å². The van der Waals surface area contributed by atoms with Crippen LogP contribution >= 0.6 is 0 Å². The number of benzene rings is 1. The minimum absolute atomic E-state index is 0.0685. The van der Waals surface area contributed by atoms with Crippen molar-refractivity contribution in [2.24, 2.45) is 0 Å². The third-order valence-electron chi connectivity index (χ3n) is 3.67. The van der Waals surface area contributed by atoms with Crippen LogP contribution in [0, 0.1) is 0 Å². The Labute approximate surface area is 165 Å². The summed E-state index contributed by atoms with van der Waals surface area (Å²) in [7, 11) is 0. The molecule has 0 atom stereocenters. The van der Waals surface area contributed by atoms with Gasteiger partial charge in [0.2, 0.25) is 5.91 Å². The molecule has 0 spiro atoms. The van der Waals surface area contributed by atoms with E-state index in [4.69, 9.17) is 4.74 Å². The van der Waals surface area contributed by atoms with Gasteiger partial charge in [0.25, 0.3) is 11.8 Å². The first-order valence-electron chi connectivity index (χ1n) is 8.74. The number of amides is 3. The highest BCUT2D eigenvalue weighted by atomic mass is 19.4. The van der Waals surface area contributed by atoms with Gasteiger partial charge >= 0.3 is 12.1 Å². The summed E-state index contributed by atoms with van der Waals surface area (Å²) in [6.45, 7) is 2.68. The highest BCUT2D eigenvalue weighted by Crippen LogP contribution is 2.29. The van der Waals surface area contributed by atoms with Crippen LogP contribution < -0.4 is 10.6 Å². The predicted octanol–water partition coefficient (Wildman–Crippen LogP) is 0.963. The Morgan fingerprint density at radius 1 is 1.03 bits per heavy atom. The highest BCUT2D eigenvalue weighted by molar-refractivity contribution is 5.96. The van der Waals surface area contributed by atoms with Crippen molar-refractivity contribution in [3.8, 4) is 0 Å². The van der Waals surface area contributed by atoms with E-state index in [1.54, 1.807) is 13.8 Å². The molecule has 1 aromatic carbocycles. The summed E-state index contributed by atoms with van der Waals surface area (Å²) in [5, 5.41) is 4.73. The second-order valence-electron chi connectivity index (χ2n) is 5.78. The molecular weight excluding hydrogens is 395 g/mol. The standard InChI is InChI=1S/C18H22F3N3O5/c1-3-22-14(25)10-24(4-2)15(26)11-29-16(27)9-23-17(28)12-5-7-13(8-6-12)18(19,20)21/h5-8H,3-4,9-11H2,1-2H3,(H,22,25)(H,23,28).